The van der Waals surface area contributed by atoms with Crippen molar-refractivity contribution in [2.45, 2.75) is 49.0 Å². The van der Waals surface area contributed by atoms with Crippen LogP contribution in [0.1, 0.15) is 30.7 Å². The average Bonchev–Trinajstić information content (AvgIpc) is 2.70. The van der Waals surface area contributed by atoms with E-state index in [9.17, 15) is 0 Å². The van der Waals surface area contributed by atoms with E-state index < -0.39 is 0 Å². The third kappa shape index (κ3) is 2.86. The molecule has 3 heterocycles. The lowest BCUT2D eigenvalue weighted by molar-refractivity contribution is 0.590. The maximum atomic E-state index is 4.49. The van der Waals surface area contributed by atoms with Crippen LogP contribution in [0.15, 0.2) is 28.5 Å². The van der Waals surface area contributed by atoms with Crippen LogP contribution in [0, 0.1) is 0 Å². The molecule has 0 amide bonds. The van der Waals surface area contributed by atoms with Gasteiger partial charge in [0.1, 0.15) is 10.9 Å². The molecule has 20 heavy (non-hydrogen) atoms. The van der Waals surface area contributed by atoms with E-state index in [4.69, 9.17) is 0 Å². The zero-order valence-corrected chi connectivity index (χ0v) is 12.5. The molecule has 2 aromatic rings. The van der Waals surface area contributed by atoms with E-state index in [1.165, 1.54) is 24.8 Å². The fraction of sp³-hybridized carbons (Fsp3) is 0.500. The van der Waals surface area contributed by atoms with Gasteiger partial charge in [0.25, 0.3) is 0 Å². The van der Waals surface area contributed by atoms with Gasteiger partial charge in [0.2, 0.25) is 0 Å². The van der Waals surface area contributed by atoms with Crippen LogP contribution in [0.25, 0.3) is 0 Å². The van der Waals surface area contributed by atoms with Gasteiger partial charge in [0.15, 0.2) is 5.16 Å². The maximum absolute atomic E-state index is 4.49. The van der Waals surface area contributed by atoms with Gasteiger partial charge < -0.3 is 9.88 Å². The molecule has 0 aromatic carbocycles. The molecule has 1 N–H and O–H groups in total. The number of hydrogen-bond donors (Lipinski definition) is 1. The molecule has 106 valence electrons. The monoisotopic (exact) mass is 289 g/mol. The van der Waals surface area contributed by atoms with Crippen molar-refractivity contribution >= 4 is 11.8 Å². The molecule has 0 unspecified atom stereocenters. The first-order chi connectivity index (χ1) is 9.88. The summed E-state index contributed by atoms with van der Waals surface area (Å²) in [6.45, 7) is 1.84. The first-order valence-electron chi connectivity index (χ1n) is 7.07. The van der Waals surface area contributed by atoms with Crippen molar-refractivity contribution in [3.05, 3.63) is 29.7 Å². The Bertz CT molecular complexity index is 581. The normalized spacial score (nSPS) is 14.8. The van der Waals surface area contributed by atoms with Crippen LogP contribution in [0.4, 0.5) is 0 Å². The van der Waals surface area contributed by atoms with Crippen LogP contribution < -0.4 is 5.32 Å². The molecule has 0 bridgehead atoms. The van der Waals surface area contributed by atoms with Gasteiger partial charge in [-0.15, -0.1) is 10.2 Å². The summed E-state index contributed by atoms with van der Waals surface area (Å²) < 4.78 is 2.26. The van der Waals surface area contributed by atoms with E-state index in [0.29, 0.717) is 0 Å². The first kappa shape index (κ1) is 13.6. The van der Waals surface area contributed by atoms with Gasteiger partial charge in [-0.1, -0.05) is 12.5 Å². The van der Waals surface area contributed by atoms with Crippen molar-refractivity contribution in [1.82, 2.24) is 25.1 Å². The molecule has 0 atom stereocenters. The maximum Gasteiger partial charge on any atom is 0.197 e. The Kier molecular flexibility index (Phi) is 4.32. The second-order valence-electron chi connectivity index (χ2n) is 4.96. The molecule has 0 saturated carbocycles. The van der Waals surface area contributed by atoms with Gasteiger partial charge in [-0.05, 0) is 43.3 Å². The van der Waals surface area contributed by atoms with Crippen molar-refractivity contribution in [3.8, 4) is 0 Å². The van der Waals surface area contributed by atoms with Crippen LogP contribution in [-0.2, 0) is 19.5 Å². The molecule has 0 radical (unpaired) electrons. The molecule has 0 spiro atoms. The molecule has 0 saturated heterocycles. The predicted molar refractivity (Wildman–Crippen MR) is 78.7 cm³/mol. The van der Waals surface area contributed by atoms with Gasteiger partial charge >= 0.3 is 0 Å². The largest absolute Gasteiger partial charge is 0.316 e. The molecule has 5 nitrogen and oxygen atoms in total. The fourth-order valence-electron chi connectivity index (χ4n) is 2.46. The number of nitrogens with zero attached hydrogens (tertiary/aromatic N) is 4. The lowest BCUT2D eigenvalue weighted by Crippen LogP contribution is -2.07. The van der Waals surface area contributed by atoms with E-state index in [1.807, 2.05) is 19.3 Å². The van der Waals surface area contributed by atoms with E-state index in [0.717, 1.165) is 35.5 Å². The van der Waals surface area contributed by atoms with Crippen molar-refractivity contribution in [3.63, 3.8) is 0 Å². The molecular weight excluding hydrogens is 270 g/mol. The van der Waals surface area contributed by atoms with Crippen LogP contribution >= 0.6 is 11.8 Å². The summed E-state index contributed by atoms with van der Waals surface area (Å²) in [6.07, 6.45) is 6.59. The number of hydrogen-bond acceptors (Lipinski definition) is 5. The summed E-state index contributed by atoms with van der Waals surface area (Å²) in [5.74, 6) is 1.12. The van der Waals surface area contributed by atoms with Gasteiger partial charge in [0.05, 0.1) is 0 Å². The Labute approximate surface area is 123 Å². The summed E-state index contributed by atoms with van der Waals surface area (Å²) in [4.78, 5) is 4.49. The summed E-state index contributed by atoms with van der Waals surface area (Å²) in [5, 5.41) is 13.9. The zero-order chi connectivity index (χ0) is 13.8. The van der Waals surface area contributed by atoms with E-state index in [-0.39, 0.29) is 0 Å². The van der Waals surface area contributed by atoms with E-state index >= 15 is 0 Å². The fourth-order valence-corrected chi connectivity index (χ4v) is 3.41. The quantitative estimate of drug-likeness (QED) is 0.935. The minimum absolute atomic E-state index is 0.817. The van der Waals surface area contributed by atoms with Gasteiger partial charge in [0, 0.05) is 25.7 Å². The highest BCUT2D eigenvalue weighted by Gasteiger charge is 2.17. The summed E-state index contributed by atoms with van der Waals surface area (Å²) >= 11 is 1.62. The molecular formula is C14H19N5S. The van der Waals surface area contributed by atoms with E-state index in [2.05, 4.69) is 31.1 Å². The SMILES string of the molecule is CNCc1cccnc1Sc1nnc2n1CCCCC2. The summed E-state index contributed by atoms with van der Waals surface area (Å²) in [7, 11) is 1.95. The Morgan fingerprint density at radius 3 is 3.15 bits per heavy atom. The Hall–Kier alpha value is -1.40. The minimum atomic E-state index is 0.817. The molecule has 0 fully saturated rings. The topological polar surface area (TPSA) is 55.6 Å². The first-order valence-corrected chi connectivity index (χ1v) is 7.88. The number of rotatable bonds is 4. The summed E-state index contributed by atoms with van der Waals surface area (Å²) in [6, 6.07) is 4.08. The lowest BCUT2D eigenvalue weighted by atomic mass is 10.2. The number of fused-ring (bicyclic) bond motifs is 1. The van der Waals surface area contributed by atoms with Gasteiger partial charge in [-0.3, -0.25) is 0 Å². The van der Waals surface area contributed by atoms with Crippen LogP contribution in [0.5, 0.6) is 0 Å². The number of aryl methyl sites for hydroxylation is 1. The molecule has 1 aliphatic heterocycles. The second-order valence-corrected chi connectivity index (χ2v) is 5.92. The molecule has 3 rings (SSSR count). The number of nitrogens with one attached hydrogen (secondary N) is 1. The predicted octanol–water partition coefficient (Wildman–Crippen LogP) is 2.27. The Morgan fingerprint density at radius 2 is 2.25 bits per heavy atom. The lowest BCUT2D eigenvalue weighted by Gasteiger charge is -2.09. The second kappa shape index (κ2) is 6.37. The third-order valence-electron chi connectivity index (χ3n) is 3.48. The van der Waals surface area contributed by atoms with Gasteiger partial charge in [-0.2, -0.15) is 0 Å². The van der Waals surface area contributed by atoms with Gasteiger partial charge in [-0.25, -0.2) is 4.98 Å². The van der Waals surface area contributed by atoms with Crippen molar-refractivity contribution < 1.29 is 0 Å². The average molecular weight is 289 g/mol. The molecule has 2 aromatic heterocycles. The highest BCUT2D eigenvalue weighted by Crippen LogP contribution is 2.29. The van der Waals surface area contributed by atoms with Crippen LogP contribution in [-0.4, -0.2) is 26.8 Å². The van der Waals surface area contributed by atoms with Crippen molar-refractivity contribution in [1.29, 1.82) is 0 Å². The van der Waals surface area contributed by atoms with Crippen molar-refractivity contribution in [2.75, 3.05) is 7.05 Å². The molecule has 6 heteroatoms. The highest BCUT2D eigenvalue weighted by molar-refractivity contribution is 7.99. The van der Waals surface area contributed by atoms with Crippen molar-refractivity contribution in [2.24, 2.45) is 0 Å². The van der Waals surface area contributed by atoms with E-state index in [1.54, 1.807) is 11.8 Å². The smallest absolute Gasteiger partial charge is 0.197 e. The standard InChI is InChI=1S/C14H19N5S/c1-15-10-11-6-5-8-16-13(11)20-14-18-17-12-7-3-2-4-9-19(12)14/h5-6,8,15H,2-4,7,9-10H2,1H3. The molecule has 1 aliphatic rings. The summed E-state index contributed by atoms with van der Waals surface area (Å²) in [5.41, 5.74) is 1.20. The van der Waals surface area contributed by atoms with Crippen LogP contribution in [0.3, 0.4) is 0 Å². The van der Waals surface area contributed by atoms with Crippen LogP contribution in [0.2, 0.25) is 0 Å². The Morgan fingerprint density at radius 1 is 1.30 bits per heavy atom. The molecule has 0 aliphatic carbocycles. The Balaban J connectivity index is 1.86. The third-order valence-corrected chi connectivity index (χ3v) is 4.53. The zero-order valence-electron chi connectivity index (χ0n) is 11.7. The highest BCUT2D eigenvalue weighted by atomic mass is 32.2. The minimum Gasteiger partial charge on any atom is -0.316 e. The number of pyridine rings is 1. The number of aromatic nitrogens is 4.